The fourth-order valence-electron chi connectivity index (χ4n) is 1.53. The third kappa shape index (κ3) is 2.44. The molecule has 1 heterocycles. The van der Waals surface area contributed by atoms with E-state index in [1.54, 1.807) is 17.8 Å². The van der Waals surface area contributed by atoms with Crippen LogP contribution in [0.25, 0.3) is 0 Å². The summed E-state index contributed by atoms with van der Waals surface area (Å²) >= 11 is 5.86. The summed E-state index contributed by atoms with van der Waals surface area (Å²) in [4.78, 5) is 4.11. The average molecular weight is 265 g/mol. The van der Waals surface area contributed by atoms with Gasteiger partial charge in [0.15, 0.2) is 0 Å². The highest BCUT2D eigenvalue weighted by molar-refractivity contribution is 6.29. The van der Waals surface area contributed by atoms with E-state index in [1.165, 1.54) is 18.2 Å². The van der Waals surface area contributed by atoms with Crippen LogP contribution in [0, 0.1) is 17.1 Å². The minimum atomic E-state index is -0.433. The van der Waals surface area contributed by atoms with E-state index < -0.39 is 5.82 Å². The van der Waals surface area contributed by atoms with Crippen LogP contribution in [0.15, 0.2) is 24.4 Å². The third-order valence-corrected chi connectivity index (χ3v) is 2.92. The van der Waals surface area contributed by atoms with Crippen molar-refractivity contribution in [2.24, 2.45) is 7.05 Å². The lowest BCUT2D eigenvalue weighted by Gasteiger charge is -2.08. The molecule has 92 valence electrons. The van der Waals surface area contributed by atoms with Gasteiger partial charge < -0.3 is 9.88 Å². The molecule has 0 unspecified atom stereocenters. The Morgan fingerprint density at radius 1 is 1.56 bits per heavy atom. The van der Waals surface area contributed by atoms with Crippen LogP contribution in [0.2, 0.25) is 5.15 Å². The number of aromatic nitrogens is 2. The van der Waals surface area contributed by atoms with Gasteiger partial charge in [0.05, 0.1) is 24.0 Å². The van der Waals surface area contributed by atoms with E-state index in [0.29, 0.717) is 17.4 Å². The predicted octanol–water partition coefficient (Wildman–Crippen LogP) is 2.70. The Kier molecular flexibility index (Phi) is 3.49. The molecule has 0 aliphatic carbocycles. The molecule has 0 saturated carbocycles. The van der Waals surface area contributed by atoms with Gasteiger partial charge in [-0.05, 0) is 18.2 Å². The van der Waals surface area contributed by atoms with Crippen LogP contribution in [0.4, 0.5) is 10.1 Å². The molecular formula is C12H10ClFN4. The van der Waals surface area contributed by atoms with Gasteiger partial charge in [-0.15, -0.1) is 0 Å². The van der Waals surface area contributed by atoms with Crippen molar-refractivity contribution < 1.29 is 4.39 Å². The van der Waals surface area contributed by atoms with Crippen LogP contribution < -0.4 is 5.32 Å². The molecule has 1 N–H and O–H groups in total. The summed E-state index contributed by atoms with van der Waals surface area (Å²) < 4.78 is 14.7. The minimum absolute atomic E-state index is 0.260. The number of nitriles is 1. The molecule has 0 radical (unpaired) electrons. The summed E-state index contributed by atoms with van der Waals surface area (Å²) in [6.45, 7) is 0.406. The lowest BCUT2D eigenvalue weighted by molar-refractivity contribution is 0.627. The summed E-state index contributed by atoms with van der Waals surface area (Å²) in [5.74, 6) is 0.297. The molecule has 0 aliphatic rings. The van der Waals surface area contributed by atoms with E-state index in [4.69, 9.17) is 16.9 Å². The molecule has 0 aliphatic heterocycles. The predicted molar refractivity (Wildman–Crippen MR) is 66.7 cm³/mol. The van der Waals surface area contributed by atoms with Crippen molar-refractivity contribution in [3.05, 3.63) is 46.8 Å². The van der Waals surface area contributed by atoms with Crippen molar-refractivity contribution in [1.82, 2.24) is 9.55 Å². The lowest BCUT2D eigenvalue weighted by atomic mass is 10.2. The highest BCUT2D eigenvalue weighted by Crippen LogP contribution is 2.17. The molecule has 0 atom stereocenters. The van der Waals surface area contributed by atoms with Gasteiger partial charge in [-0.25, -0.2) is 9.37 Å². The fraction of sp³-hybridized carbons (Fsp3) is 0.167. The zero-order valence-electron chi connectivity index (χ0n) is 9.61. The number of benzene rings is 1. The van der Waals surface area contributed by atoms with E-state index in [0.717, 1.165) is 5.82 Å². The van der Waals surface area contributed by atoms with Gasteiger partial charge in [-0.3, -0.25) is 0 Å². The van der Waals surface area contributed by atoms with Crippen LogP contribution in [0.3, 0.4) is 0 Å². The number of rotatable bonds is 3. The van der Waals surface area contributed by atoms with E-state index in [-0.39, 0.29) is 5.56 Å². The maximum atomic E-state index is 13.0. The number of nitrogens with zero attached hydrogens (tertiary/aromatic N) is 3. The molecule has 2 aromatic rings. The van der Waals surface area contributed by atoms with Gasteiger partial charge in [0.25, 0.3) is 0 Å². The molecule has 2 rings (SSSR count). The van der Waals surface area contributed by atoms with Crippen LogP contribution in [0.1, 0.15) is 11.4 Å². The standard InChI is InChI=1S/C12H10ClFN4/c1-18-11(13)6-17-12(18)7-16-10-3-2-9(14)4-8(10)5-15/h2-4,6,16H,7H2,1H3. The van der Waals surface area contributed by atoms with Gasteiger partial charge in [0.2, 0.25) is 0 Å². The summed E-state index contributed by atoms with van der Waals surface area (Å²) in [6, 6.07) is 5.95. The molecule has 0 spiro atoms. The summed E-state index contributed by atoms with van der Waals surface area (Å²) in [6.07, 6.45) is 1.55. The van der Waals surface area contributed by atoms with Gasteiger partial charge in [-0.2, -0.15) is 5.26 Å². The zero-order valence-corrected chi connectivity index (χ0v) is 10.4. The number of hydrogen-bond donors (Lipinski definition) is 1. The molecule has 0 fully saturated rings. The Balaban J connectivity index is 2.16. The second-order valence-electron chi connectivity index (χ2n) is 3.71. The normalized spacial score (nSPS) is 10.1. The van der Waals surface area contributed by atoms with Crippen LogP contribution >= 0.6 is 11.6 Å². The second kappa shape index (κ2) is 5.07. The topological polar surface area (TPSA) is 53.6 Å². The van der Waals surface area contributed by atoms with Crippen molar-refractivity contribution in [2.45, 2.75) is 6.54 Å². The zero-order chi connectivity index (χ0) is 13.1. The summed E-state index contributed by atoms with van der Waals surface area (Å²) in [5.41, 5.74) is 0.827. The Hall–Kier alpha value is -2.06. The Labute approximate surface area is 109 Å². The number of imidazole rings is 1. The highest BCUT2D eigenvalue weighted by atomic mass is 35.5. The molecule has 6 heteroatoms. The van der Waals surface area contributed by atoms with Gasteiger partial charge >= 0.3 is 0 Å². The molecule has 1 aromatic heterocycles. The van der Waals surface area contributed by atoms with E-state index in [9.17, 15) is 4.39 Å². The van der Waals surface area contributed by atoms with Crippen molar-refractivity contribution in [3.63, 3.8) is 0 Å². The average Bonchev–Trinajstić information content (AvgIpc) is 2.68. The summed E-state index contributed by atoms with van der Waals surface area (Å²) in [5, 5.41) is 12.5. The van der Waals surface area contributed by atoms with Gasteiger partial charge in [0, 0.05) is 7.05 Å². The smallest absolute Gasteiger partial charge is 0.128 e. The van der Waals surface area contributed by atoms with E-state index in [2.05, 4.69) is 10.3 Å². The summed E-state index contributed by atoms with van der Waals surface area (Å²) in [7, 11) is 1.79. The maximum absolute atomic E-state index is 13.0. The van der Waals surface area contributed by atoms with Crippen molar-refractivity contribution in [1.29, 1.82) is 5.26 Å². The SMILES string of the molecule is Cn1c(Cl)cnc1CNc1ccc(F)cc1C#N. The first kappa shape index (κ1) is 12.4. The number of hydrogen-bond acceptors (Lipinski definition) is 3. The number of anilines is 1. The first-order valence-corrected chi connectivity index (χ1v) is 5.59. The first-order chi connectivity index (χ1) is 8.61. The minimum Gasteiger partial charge on any atom is -0.377 e. The maximum Gasteiger partial charge on any atom is 0.128 e. The Morgan fingerprint density at radius 3 is 2.94 bits per heavy atom. The lowest BCUT2D eigenvalue weighted by Crippen LogP contribution is -2.07. The molecule has 0 bridgehead atoms. The fourth-order valence-corrected chi connectivity index (χ4v) is 1.67. The second-order valence-corrected chi connectivity index (χ2v) is 4.10. The molecule has 18 heavy (non-hydrogen) atoms. The largest absolute Gasteiger partial charge is 0.377 e. The van der Waals surface area contributed by atoms with Crippen molar-refractivity contribution in [3.8, 4) is 6.07 Å². The monoisotopic (exact) mass is 264 g/mol. The van der Waals surface area contributed by atoms with E-state index >= 15 is 0 Å². The van der Waals surface area contributed by atoms with Crippen molar-refractivity contribution in [2.75, 3.05) is 5.32 Å². The van der Waals surface area contributed by atoms with Gasteiger partial charge in [-0.1, -0.05) is 11.6 Å². The Morgan fingerprint density at radius 2 is 2.33 bits per heavy atom. The van der Waals surface area contributed by atoms with Crippen LogP contribution in [0.5, 0.6) is 0 Å². The molecule has 0 saturated heterocycles. The van der Waals surface area contributed by atoms with Crippen LogP contribution in [-0.2, 0) is 13.6 Å². The van der Waals surface area contributed by atoms with Crippen molar-refractivity contribution >= 4 is 17.3 Å². The molecular weight excluding hydrogens is 255 g/mol. The highest BCUT2D eigenvalue weighted by Gasteiger charge is 2.07. The molecule has 1 aromatic carbocycles. The number of halogens is 2. The number of nitrogens with one attached hydrogen (secondary N) is 1. The van der Waals surface area contributed by atoms with E-state index in [1.807, 2.05) is 6.07 Å². The quantitative estimate of drug-likeness (QED) is 0.927. The molecule has 4 nitrogen and oxygen atoms in total. The third-order valence-electron chi connectivity index (χ3n) is 2.57. The Bertz CT molecular complexity index is 615. The van der Waals surface area contributed by atoms with Crippen LogP contribution in [-0.4, -0.2) is 9.55 Å². The van der Waals surface area contributed by atoms with Gasteiger partial charge in [0.1, 0.15) is 22.9 Å². The molecule has 0 amide bonds. The first-order valence-electron chi connectivity index (χ1n) is 5.21.